The lowest BCUT2D eigenvalue weighted by molar-refractivity contribution is -0.122. The third-order valence-corrected chi connectivity index (χ3v) is 5.51. The predicted molar refractivity (Wildman–Crippen MR) is 104 cm³/mol. The SMILES string of the molecule is CNS(=O)(=O)O[C@H]1O[C@@H](n2cnc3c(NCc4cnc(C)cn4)ncnc32)[C@H](O)[C@@H]1O. The number of aliphatic hydroxyl groups excluding tert-OH is 2. The van der Waals surface area contributed by atoms with E-state index in [1.165, 1.54) is 17.2 Å². The van der Waals surface area contributed by atoms with E-state index in [1.54, 1.807) is 12.4 Å². The molecule has 4 heterocycles. The molecule has 0 radical (unpaired) electrons. The first-order valence-corrected chi connectivity index (χ1v) is 10.5. The molecule has 1 saturated heterocycles. The molecule has 0 amide bonds. The molecule has 15 heteroatoms. The Kier molecular flexibility index (Phi) is 5.78. The molecule has 4 rings (SSSR count). The average Bonchev–Trinajstić information content (AvgIpc) is 3.30. The molecular formula is C16H20N8O6S. The Bertz CT molecular complexity index is 1170. The van der Waals surface area contributed by atoms with Gasteiger partial charge in [0.2, 0.25) is 6.29 Å². The Labute approximate surface area is 176 Å². The molecule has 1 aliphatic rings. The van der Waals surface area contributed by atoms with Crippen molar-refractivity contribution in [3.8, 4) is 0 Å². The van der Waals surface area contributed by atoms with E-state index in [0.717, 1.165) is 12.7 Å². The second-order valence-corrected chi connectivity index (χ2v) is 8.19. The molecule has 4 atom stereocenters. The van der Waals surface area contributed by atoms with Crippen molar-refractivity contribution in [2.75, 3.05) is 12.4 Å². The standard InChI is InChI=1S/C16H20N8O6S/c1-8-3-19-9(4-18-8)5-20-13-10-14(22-6-21-13)24(7-23-10)15-11(25)12(26)16(29-15)30-31(27,28)17-2/h3-4,6-7,11-12,15-17,25-26H,5H2,1-2H3,(H,20,21,22)/t11-,12+,15-,16-/m1/s1. The van der Waals surface area contributed by atoms with E-state index in [1.807, 2.05) is 11.6 Å². The van der Waals surface area contributed by atoms with Crippen LogP contribution in [0.1, 0.15) is 17.6 Å². The van der Waals surface area contributed by atoms with Crippen LogP contribution < -0.4 is 10.0 Å². The fourth-order valence-corrected chi connectivity index (χ4v) is 3.47. The number of nitrogens with one attached hydrogen (secondary N) is 2. The number of imidazole rings is 1. The lowest BCUT2D eigenvalue weighted by atomic mass is 10.2. The van der Waals surface area contributed by atoms with Crippen molar-refractivity contribution in [3.05, 3.63) is 36.4 Å². The van der Waals surface area contributed by atoms with Crippen molar-refractivity contribution < 1.29 is 27.6 Å². The number of aryl methyl sites for hydroxylation is 1. The highest BCUT2D eigenvalue weighted by Crippen LogP contribution is 2.33. The Balaban J connectivity index is 1.56. The van der Waals surface area contributed by atoms with Crippen molar-refractivity contribution in [2.24, 2.45) is 0 Å². The molecule has 0 saturated carbocycles. The molecule has 0 unspecified atom stereocenters. The number of ether oxygens (including phenoxy) is 1. The maximum atomic E-state index is 11.6. The lowest BCUT2D eigenvalue weighted by Gasteiger charge is -2.16. The molecule has 1 aliphatic heterocycles. The van der Waals surface area contributed by atoms with Gasteiger partial charge >= 0.3 is 10.3 Å². The zero-order chi connectivity index (χ0) is 22.2. The molecule has 3 aromatic heterocycles. The maximum absolute atomic E-state index is 11.6. The van der Waals surface area contributed by atoms with Gasteiger partial charge in [0.1, 0.15) is 18.5 Å². The molecule has 0 aromatic carbocycles. The van der Waals surface area contributed by atoms with E-state index in [4.69, 9.17) is 8.92 Å². The van der Waals surface area contributed by atoms with Crippen LogP contribution in [0.3, 0.4) is 0 Å². The van der Waals surface area contributed by atoms with Crippen LogP contribution >= 0.6 is 0 Å². The summed E-state index contributed by atoms with van der Waals surface area (Å²) in [4.78, 5) is 21.0. The zero-order valence-electron chi connectivity index (χ0n) is 16.4. The van der Waals surface area contributed by atoms with Gasteiger partial charge in [-0.15, -0.1) is 0 Å². The van der Waals surface area contributed by atoms with Gasteiger partial charge in [0.15, 0.2) is 23.2 Å². The monoisotopic (exact) mass is 452 g/mol. The van der Waals surface area contributed by atoms with Crippen molar-refractivity contribution >= 4 is 27.3 Å². The van der Waals surface area contributed by atoms with Crippen molar-refractivity contribution in [2.45, 2.75) is 38.2 Å². The van der Waals surface area contributed by atoms with Gasteiger partial charge in [0.25, 0.3) is 0 Å². The minimum absolute atomic E-state index is 0.292. The van der Waals surface area contributed by atoms with Crippen molar-refractivity contribution in [3.63, 3.8) is 0 Å². The van der Waals surface area contributed by atoms with Crippen LogP contribution in [0.4, 0.5) is 5.82 Å². The van der Waals surface area contributed by atoms with E-state index < -0.39 is 35.0 Å². The van der Waals surface area contributed by atoms with Gasteiger partial charge in [-0.05, 0) is 6.92 Å². The summed E-state index contributed by atoms with van der Waals surface area (Å²) in [7, 11) is -3.01. The Morgan fingerprint density at radius 3 is 2.68 bits per heavy atom. The highest BCUT2D eigenvalue weighted by molar-refractivity contribution is 7.84. The molecular weight excluding hydrogens is 432 g/mol. The number of aliphatic hydroxyl groups is 2. The van der Waals surface area contributed by atoms with Gasteiger partial charge < -0.3 is 20.3 Å². The fraction of sp³-hybridized carbons (Fsp3) is 0.438. The smallest absolute Gasteiger partial charge is 0.338 e. The minimum atomic E-state index is -4.15. The summed E-state index contributed by atoms with van der Waals surface area (Å²) in [5.41, 5.74) is 2.16. The topological polar surface area (TPSA) is 186 Å². The average molecular weight is 452 g/mol. The third-order valence-electron chi connectivity index (χ3n) is 4.57. The van der Waals surface area contributed by atoms with Gasteiger partial charge in [-0.3, -0.25) is 14.5 Å². The second kappa shape index (κ2) is 8.37. The molecule has 0 aliphatic carbocycles. The molecule has 1 fully saturated rings. The summed E-state index contributed by atoms with van der Waals surface area (Å²) < 4.78 is 36.7. The van der Waals surface area contributed by atoms with Crippen LogP contribution in [0, 0.1) is 6.92 Å². The highest BCUT2D eigenvalue weighted by Gasteiger charge is 2.47. The summed E-state index contributed by atoms with van der Waals surface area (Å²) in [6.45, 7) is 2.18. The van der Waals surface area contributed by atoms with Gasteiger partial charge in [-0.2, -0.15) is 13.1 Å². The normalized spacial score (nSPS) is 24.0. The molecule has 3 aromatic rings. The maximum Gasteiger partial charge on any atom is 0.338 e. The van der Waals surface area contributed by atoms with E-state index >= 15 is 0 Å². The first-order chi connectivity index (χ1) is 14.8. The first-order valence-electron chi connectivity index (χ1n) is 9.11. The van der Waals surface area contributed by atoms with E-state index in [9.17, 15) is 18.6 Å². The number of anilines is 1. The molecule has 166 valence electrons. The van der Waals surface area contributed by atoms with Crippen molar-refractivity contribution in [1.82, 2.24) is 34.2 Å². The lowest BCUT2D eigenvalue weighted by Crippen LogP contribution is -2.36. The largest absolute Gasteiger partial charge is 0.385 e. The number of rotatable bonds is 7. The molecule has 31 heavy (non-hydrogen) atoms. The van der Waals surface area contributed by atoms with Gasteiger partial charge in [-0.25, -0.2) is 19.1 Å². The number of fused-ring (bicyclic) bond motifs is 1. The van der Waals surface area contributed by atoms with Crippen LogP contribution in [0.5, 0.6) is 0 Å². The zero-order valence-corrected chi connectivity index (χ0v) is 17.3. The summed E-state index contributed by atoms with van der Waals surface area (Å²) in [5, 5.41) is 23.6. The second-order valence-electron chi connectivity index (χ2n) is 6.68. The first kappa shape index (κ1) is 21.4. The van der Waals surface area contributed by atoms with Crippen LogP contribution in [0.15, 0.2) is 25.0 Å². The third kappa shape index (κ3) is 4.32. The van der Waals surface area contributed by atoms with E-state index in [2.05, 4.69) is 30.2 Å². The van der Waals surface area contributed by atoms with E-state index in [-0.39, 0.29) is 0 Å². The summed E-state index contributed by atoms with van der Waals surface area (Å²) >= 11 is 0. The molecule has 4 N–H and O–H groups in total. The number of aromatic nitrogens is 6. The van der Waals surface area contributed by atoms with Crippen LogP contribution in [-0.2, 0) is 25.8 Å². The van der Waals surface area contributed by atoms with Crippen LogP contribution in [-0.4, -0.2) is 73.7 Å². The predicted octanol–water partition coefficient (Wildman–Crippen LogP) is -1.41. The fourth-order valence-electron chi connectivity index (χ4n) is 2.96. The quantitative estimate of drug-likeness (QED) is 0.329. The summed E-state index contributed by atoms with van der Waals surface area (Å²) in [6, 6.07) is 0. The van der Waals surface area contributed by atoms with Gasteiger partial charge in [0.05, 0.1) is 30.5 Å². The van der Waals surface area contributed by atoms with E-state index in [0.29, 0.717) is 29.2 Å². The van der Waals surface area contributed by atoms with Gasteiger partial charge in [0, 0.05) is 13.2 Å². The van der Waals surface area contributed by atoms with Crippen LogP contribution in [0.2, 0.25) is 0 Å². The van der Waals surface area contributed by atoms with Gasteiger partial charge in [-0.1, -0.05) is 0 Å². The Morgan fingerprint density at radius 1 is 1.16 bits per heavy atom. The minimum Gasteiger partial charge on any atom is -0.385 e. The molecule has 14 nitrogen and oxygen atoms in total. The summed E-state index contributed by atoms with van der Waals surface area (Å²) in [5.74, 6) is 0.407. The number of nitrogens with zero attached hydrogens (tertiary/aromatic N) is 6. The highest BCUT2D eigenvalue weighted by atomic mass is 32.2. The van der Waals surface area contributed by atoms with Crippen molar-refractivity contribution in [1.29, 1.82) is 0 Å². The molecule has 0 bridgehead atoms. The Morgan fingerprint density at radius 2 is 1.97 bits per heavy atom. The number of hydrogen-bond acceptors (Lipinski definition) is 12. The van der Waals surface area contributed by atoms with Crippen LogP contribution in [0.25, 0.3) is 11.2 Å². The number of hydrogen-bond donors (Lipinski definition) is 4. The molecule has 0 spiro atoms. The Hall–Kier alpha value is -2.82. The summed E-state index contributed by atoms with van der Waals surface area (Å²) in [6.07, 6.45) is -0.000785.